The average Bonchev–Trinajstić information content (AvgIpc) is 2.53. The smallest absolute Gasteiger partial charge is 0.364 e. The lowest BCUT2D eigenvalue weighted by Gasteiger charge is -2.26. The highest BCUT2D eigenvalue weighted by Crippen LogP contribution is 2.51. The summed E-state index contributed by atoms with van der Waals surface area (Å²) in [4.78, 5) is 0. The first-order chi connectivity index (χ1) is 6.61. The lowest BCUT2D eigenvalue weighted by Crippen LogP contribution is -2.50. The summed E-state index contributed by atoms with van der Waals surface area (Å²) in [5, 5.41) is 2.36. The monoisotopic (exact) mass is 237 g/mol. The second-order valence-electron chi connectivity index (χ2n) is 2.53. The van der Waals surface area contributed by atoms with E-state index in [0.29, 0.717) is 6.26 Å². The van der Waals surface area contributed by atoms with E-state index >= 15 is 0 Å². The third kappa shape index (κ3) is 1.65. The molecule has 0 saturated carbocycles. The molecule has 0 fully saturated rings. The van der Waals surface area contributed by atoms with Crippen LogP contribution in [0, 0.1) is 0 Å². The molecular formula is C6H2F7NO. The number of aromatic nitrogens is 1. The van der Waals surface area contributed by atoms with Gasteiger partial charge in [-0.2, -0.15) is 30.7 Å². The summed E-state index contributed by atoms with van der Waals surface area (Å²) < 4.78 is 88.6. The van der Waals surface area contributed by atoms with Crippen LogP contribution in [0.5, 0.6) is 0 Å². The maximum atomic E-state index is 12.7. The molecule has 0 aliphatic heterocycles. The Labute approximate surface area is 77.7 Å². The molecule has 15 heavy (non-hydrogen) atoms. The zero-order chi connectivity index (χ0) is 11.9. The molecule has 86 valence electrons. The van der Waals surface area contributed by atoms with Crippen molar-refractivity contribution in [2.75, 3.05) is 0 Å². The van der Waals surface area contributed by atoms with Gasteiger partial charge >= 0.3 is 18.0 Å². The van der Waals surface area contributed by atoms with Gasteiger partial charge in [0.15, 0.2) is 5.69 Å². The molecular weight excluding hydrogens is 235 g/mol. The molecule has 1 heterocycles. The largest absolute Gasteiger partial charge is 0.460 e. The Hall–Kier alpha value is -1.28. The molecule has 1 rings (SSSR count). The van der Waals surface area contributed by atoms with Gasteiger partial charge in [0.1, 0.15) is 6.26 Å². The quantitative estimate of drug-likeness (QED) is 0.739. The summed E-state index contributed by atoms with van der Waals surface area (Å²) in [6.07, 6.45) is -5.90. The fraction of sp³-hybridized carbons (Fsp3) is 0.500. The minimum Gasteiger partial charge on any atom is -0.364 e. The Balaban J connectivity index is 3.17. The van der Waals surface area contributed by atoms with E-state index in [2.05, 4.69) is 9.68 Å². The van der Waals surface area contributed by atoms with E-state index in [9.17, 15) is 30.7 Å². The molecule has 0 radical (unpaired) electrons. The van der Waals surface area contributed by atoms with Crippen molar-refractivity contribution in [3.63, 3.8) is 0 Å². The van der Waals surface area contributed by atoms with Gasteiger partial charge in [0.05, 0.1) is 0 Å². The Kier molecular flexibility index (Phi) is 2.44. The summed E-state index contributed by atoms with van der Waals surface area (Å²) in [6.45, 7) is 0. The third-order valence-electron chi connectivity index (χ3n) is 1.51. The molecule has 0 amide bonds. The van der Waals surface area contributed by atoms with Crippen LogP contribution < -0.4 is 0 Å². The highest BCUT2D eigenvalue weighted by molar-refractivity contribution is 5.11. The van der Waals surface area contributed by atoms with Crippen LogP contribution in [0.25, 0.3) is 0 Å². The first kappa shape index (κ1) is 11.8. The maximum absolute atomic E-state index is 12.7. The fourth-order valence-electron chi connectivity index (χ4n) is 0.713. The summed E-state index contributed by atoms with van der Waals surface area (Å²) in [6, 6.07) is 0.236. The van der Waals surface area contributed by atoms with E-state index in [1.165, 1.54) is 0 Å². The molecule has 0 aromatic carbocycles. The lowest BCUT2D eigenvalue weighted by molar-refractivity contribution is -0.360. The number of rotatable bonds is 2. The zero-order valence-corrected chi connectivity index (χ0v) is 6.66. The van der Waals surface area contributed by atoms with Crippen LogP contribution in [0.2, 0.25) is 0 Å². The molecule has 0 saturated heterocycles. The van der Waals surface area contributed by atoms with Crippen molar-refractivity contribution in [3.8, 4) is 0 Å². The van der Waals surface area contributed by atoms with E-state index < -0.39 is 23.7 Å². The fourth-order valence-corrected chi connectivity index (χ4v) is 0.713. The van der Waals surface area contributed by atoms with Gasteiger partial charge in [-0.25, -0.2) is 0 Å². The van der Waals surface area contributed by atoms with E-state index in [-0.39, 0.29) is 6.07 Å². The first-order valence-electron chi connectivity index (χ1n) is 3.34. The number of hydrogen-bond acceptors (Lipinski definition) is 2. The van der Waals surface area contributed by atoms with Gasteiger partial charge in [-0.15, -0.1) is 0 Å². The molecule has 0 atom stereocenters. The SMILES string of the molecule is FC(F)(F)C(F)(F)C(F)(F)c1ccon1. The molecule has 0 bridgehead atoms. The number of nitrogens with zero attached hydrogens (tertiary/aromatic N) is 1. The van der Waals surface area contributed by atoms with Crippen molar-refractivity contribution in [1.82, 2.24) is 5.16 Å². The van der Waals surface area contributed by atoms with Crippen molar-refractivity contribution in [2.24, 2.45) is 0 Å². The van der Waals surface area contributed by atoms with Crippen molar-refractivity contribution in [3.05, 3.63) is 18.0 Å². The topological polar surface area (TPSA) is 26.0 Å². The van der Waals surface area contributed by atoms with Gasteiger partial charge in [0.25, 0.3) is 0 Å². The van der Waals surface area contributed by atoms with Crippen molar-refractivity contribution in [2.45, 2.75) is 18.0 Å². The number of halogens is 7. The van der Waals surface area contributed by atoms with Crippen LogP contribution >= 0.6 is 0 Å². The predicted molar refractivity (Wildman–Crippen MR) is 31.4 cm³/mol. The molecule has 0 N–H and O–H groups in total. The van der Waals surface area contributed by atoms with Gasteiger partial charge in [-0.3, -0.25) is 0 Å². The van der Waals surface area contributed by atoms with Crippen LogP contribution in [-0.2, 0) is 5.92 Å². The Morgan fingerprint density at radius 3 is 1.87 bits per heavy atom. The summed E-state index contributed by atoms with van der Waals surface area (Å²) in [7, 11) is 0. The standard InChI is InChI=1S/C6H2F7NO/c7-4(8,3-1-2-15-14-3)5(9,10)6(11,12)13/h1-2H. The van der Waals surface area contributed by atoms with Gasteiger partial charge < -0.3 is 4.52 Å². The Morgan fingerprint density at radius 2 is 1.53 bits per heavy atom. The second kappa shape index (κ2) is 3.11. The van der Waals surface area contributed by atoms with Crippen molar-refractivity contribution in [1.29, 1.82) is 0 Å². The maximum Gasteiger partial charge on any atom is 0.460 e. The molecule has 2 nitrogen and oxygen atoms in total. The van der Waals surface area contributed by atoms with E-state index in [4.69, 9.17) is 0 Å². The normalized spacial score (nSPS) is 14.3. The summed E-state index contributed by atoms with van der Waals surface area (Å²) in [5.74, 6) is -11.7. The summed E-state index contributed by atoms with van der Waals surface area (Å²) in [5.41, 5.74) is -1.77. The van der Waals surface area contributed by atoms with E-state index in [0.717, 1.165) is 0 Å². The molecule has 0 aliphatic carbocycles. The third-order valence-corrected chi connectivity index (χ3v) is 1.51. The van der Waals surface area contributed by atoms with Crippen LogP contribution in [0.3, 0.4) is 0 Å². The molecule has 0 aliphatic rings. The van der Waals surface area contributed by atoms with Gasteiger partial charge in [-0.1, -0.05) is 5.16 Å². The van der Waals surface area contributed by atoms with Gasteiger partial charge in [0.2, 0.25) is 0 Å². The van der Waals surface area contributed by atoms with Gasteiger partial charge in [-0.05, 0) is 0 Å². The second-order valence-corrected chi connectivity index (χ2v) is 2.53. The Morgan fingerprint density at radius 1 is 1.00 bits per heavy atom. The Bertz CT molecular complexity index is 328. The van der Waals surface area contributed by atoms with Gasteiger partial charge in [0, 0.05) is 6.07 Å². The molecule has 1 aromatic heterocycles. The van der Waals surface area contributed by atoms with Crippen LogP contribution in [-0.4, -0.2) is 17.3 Å². The van der Waals surface area contributed by atoms with Crippen LogP contribution in [0.15, 0.2) is 16.9 Å². The molecule has 1 aromatic rings. The zero-order valence-electron chi connectivity index (χ0n) is 6.66. The minimum absolute atomic E-state index is 0.236. The predicted octanol–water partition coefficient (Wildman–Crippen LogP) is 2.96. The van der Waals surface area contributed by atoms with Crippen LogP contribution in [0.4, 0.5) is 30.7 Å². The summed E-state index contributed by atoms with van der Waals surface area (Å²) >= 11 is 0. The number of alkyl halides is 7. The lowest BCUT2D eigenvalue weighted by atomic mass is 10.1. The molecule has 0 unspecified atom stereocenters. The van der Waals surface area contributed by atoms with E-state index in [1.54, 1.807) is 0 Å². The average molecular weight is 237 g/mol. The van der Waals surface area contributed by atoms with Crippen LogP contribution in [0.1, 0.15) is 5.69 Å². The minimum atomic E-state index is -6.37. The highest BCUT2D eigenvalue weighted by Gasteiger charge is 2.74. The first-order valence-corrected chi connectivity index (χ1v) is 3.34. The molecule has 9 heteroatoms. The van der Waals surface area contributed by atoms with E-state index in [1.807, 2.05) is 0 Å². The highest BCUT2D eigenvalue weighted by atomic mass is 19.4. The van der Waals surface area contributed by atoms with Crippen molar-refractivity contribution >= 4 is 0 Å². The van der Waals surface area contributed by atoms with Crippen molar-refractivity contribution < 1.29 is 35.3 Å². The number of hydrogen-bond donors (Lipinski definition) is 0. The molecule has 0 spiro atoms.